The lowest BCUT2D eigenvalue weighted by Crippen LogP contribution is -2.40. The fourth-order valence-electron chi connectivity index (χ4n) is 2.16. The first kappa shape index (κ1) is 18.0. The molecule has 0 radical (unpaired) electrons. The van der Waals surface area contributed by atoms with Gasteiger partial charge in [-0.15, -0.1) is 11.3 Å². The molecule has 5 N–H and O–H groups in total. The number of likely N-dealkylation sites (N-methyl/N-ethyl adjacent to an activating group) is 1. The highest BCUT2D eigenvalue weighted by Gasteiger charge is 2.15. The van der Waals surface area contributed by atoms with Gasteiger partial charge in [-0.1, -0.05) is 18.2 Å². The molecule has 0 aliphatic carbocycles. The fraction of sp³-hybridized carbons (Fsp3) is 0.294. The molecule has 1 aromatic carbocycles. The summed E-state index contributed by atoms with van der Waals surface area (Å²) in [6, 6.07) is 9.01. The van der Waals surface area contributed by atoms with Crippen LogP contribution in [0.3, 0.4) is 0 Å². The maximum Gasteiger partial charge on any atom is 0.266 e. The molecule has 0 bridgehead atoms. The average molecular weight is 346 g/mol. The van der Waals surface area contributed by atoms with Crippen LogP contribution in [0.1, 0.15) is 13.8 Å². The van der Waals surface area contributed by atoms with Gasteiger partial charge in [0.25, 0.3) is 5.56 Å². The molecule has 0 saturated carbocycles. The molecule has 1 unspecified atom stereocenters. The number of aromatic amines is 1. The van der Waals surface area contributed by atoms with Gasteiger partial charge in [0.1, 0.15) is 6.04 Å². The van der Waals surface area contributed by atoms with Gasteiger partial charge < -0.3 is 21.4 Å². The lowest BCUT2D eigenvalue weighted by atomic mass is 10.1. The number of nitrogens with one attached hydrogen (secondary N) is 3. The van der Waals surface area contributed by atoms with Crippen molar-refractivity contribution in [3.8, 4) is 0 Å². The topological polar surface area (TPSA) is 100 Å². The highest BCUT2D eigenvalue weighted by atomic mass is 32.1. The van der Waals surface area contributed by atoms with Crippen LogP contribution in [0.2, 0.25) is 0 Å². The first-order chi connectivity index (χ1) is 11.4. The number of amides is 1. The van der Waals surface area contributed by atoms with Gasteiger partial charge in [-0.3, -0.25) is 9.59 Å². The third-order valence-corrected chi connectivity index (χ3v) is 5.08. The normalized spacial score (nSPS) is 14.7. The highest BCUT2D eigenvalue weighted by Crippen LogP contribution is 2.05. The van der Waals surface area contributed by atoms with E-state index in [1.165, 1.54) is 18.4 Å². The van der Waals surface area contributed by atoms with Gasteiger partial charge in [0.2, 0.25) is 5.91 Å². The molecular formula is C17H22N4O2S. The Morgan fingerprint density at radius 3 is 2.58 bits per heavy atom. The summed E-state index contributed by atoms with van der Waals surface area (Å²) < 4.78 is 1.27. The molecule has 2 rings (SSSR count). The second-order valence-corrected chi connectivity index (χ2v) is 6.51. The molecule has 0 saturated heterocycles. The van der Waals surface area contributed by atoms with Crippen LogP contribution in [0.15, 0.2) is 35.1 Å². The quantitative estimate of drug-likeness (QED) is 0.610. The number of rotatable bonds is 5. The van der Waals surface area contributed by atoms with Crippen molar-refractivity contribution < 1.29 is 4.79 Å². The van der Waals surface area contributed by atoms with E-state index in [-0.39, 0.29) is 11.5 Å². The summed E-state index contributed by atoms with van der Waals surface area (Å²) in [5.41, 5.74) is 8.30. The number of H-pyrrole nitrogens is 1. The predicted octanol–water partition coefficient (Wildman–Crippen LogP) is -0.0370. The van der Waals surface area contributed by atoms with Crippen LogP contribution >= 0.6 is 11.3 Å². The summed E-state index contributed by atoms with van der Waals surface area (Å²) in [4.78, 5) is 26.7. The Morgan fingerprint density at radius 2 is 1.96 bits per heavy atom. The molecule has 6 nitrogen and oxygen atoms in total. The molecule has 24 heavy (non-hydrogen) atoms. The van der Waals surface area contributed by atoms with Crippen LogP contribution < -0.4 is 31.1 Å². The van der Waals surface area contributed by atoms with Crippen LogP contribution in [-0.2, 0) is 4.79 Å². The number of para-hydroxylation sites is 1. The molecule has 0 aliphatic rings. The van der Waals surface area contributed by atoms with Crippen molar-refractivity contribution in [2.75, 3.05) is 18.9 Å². The Morgan fingerprint density at radius 1 is 1.29 bits per heavy atom. The zero-order valence-electron chi connectivity index (χ0n) is 14.0. The summed E-state index contributed by atoms with van der Waals surface area (Å²) in [6.07, 6.45) is 0. The lowest BCUT2D eigenvalue weighted by Gasteiger charge is -2.08. The van der Waals surface area contributed by atoms with Gasteiger partial charge in [0.15, 0.2) is 0 Å². The van der Waals surface area contributed by atoms with Crippen LogP contribution in [-0.4, -0.2) is 30.5 Å². The summed E-state index contributed by atoms with van der Waals surface area (Å²) in [5, 5.41) is 5.79. The summed E-state index contributed by atoms with van der Waals surface area (Å²) in [6.45, 7) is 4.23. The minimum absolute atomic E-state index is 0.161. The Labute approximate surface area is 144 Å². The van der Waals surface area contributed by atoms with E-state index in [9.17, 15) is 9.59 Å². The molecule has 2 aromatic rings. The number of hydrogen-bond donors (Lipinski definition) is 4. The standard InChI is InChI=1S/C17H22N4O2S/c1-10(9-20-12-7-5-4-6-8-12)14-16(23)21-17(24-14)11(2)13(18)15(22)19-3/h4-8,13,20H,9,18H2,1-3H3,(H,19,22)(H,21,23)/b14-10+,17-11+. The van der Waals surface area contributed by atoms with E-state index in [2.05, 4.69) is 15.6 Å². The van der Waals surface area contributed by atoms with Crippen molar-refractivity contribution in [1.82, 2.24) is 10.3 Å². The first-order valence-electron chi connectivity index (χ1n) is 7.59. The van der Waals surface area contributed by atoms with Crippen molar-refractivity contribution in [3.05, 3.63) is 49.9 Å². The Hall–Kier alpha value is -2.38. The highest BCUT2D eigenvalue weighted by molar-refractivity contribution is 7.07. The summed E-state index contributed by atoms with van der Waals surface area (Å²) in [5.74, 6) is -0.283. The number of thiazole rings is 1. The van der Waals surface area contributed by atoms with E-state index >= 15 is 0 Å². The maximum absolute atomic E-state index is 12.2. The summed E-state index contributed by atoms with van der Waals surface area (Å²) >= 11 is 1.32. The zero-order valence-corrected chi connectivity index (χ0v) is 14.8. The number of aromatic nitrogens is 1. The molecule has 1 atom stereocenters. The van der Waals surface area contributed by atoms with Crippen molar-refractivity contribution in [2.45, 2.75) is 19.9 Å². The zero-order chi connectivity index (χ0) is 17.7. The molecular weight excluding hydrogens is 324 g/mol. The van der Waals surface area contributed by atoms with Gasteiger partial charge in [-0.2, -0.15) is 0 Å². The van der Waals surface area contributed by atoms with Crippen LogP contribution in [0.25, 0.3) is 11.1 Å². The van der Waals surface area contributed by atoms with Crippen molar-refractivity contribution in [2.24, 2.45) is 5.73 Å². The molecule has 0 spiro atoms. The van der Waals surface area contributed by atoms with Gasteiger partial charge in [-0.05, 0) is 37.1 Å². The Bertz CT molecular complexity index is 883. The average Bonchev–Trinajstić information content (AvgIpc) is 3.00. The number of hydrogen-bond acceptors (Lipinski definition) is 5. The lowest BCUT2D eigenvalue weighted by molar-refractivity contribution is -0.120. The largest absolute Gasteiger partial charge is 0.381 e. The SMILES string of the molecule is CNC(=O)C(N)/C(C)=c1\[nH]c(=O)/c(=C(/C)CNc2ccccc2)s1. The Kier molecular flexibility index (Phi) is 5.94. The number of nitrogens with two attached hydrogens (primary N) is 1. The van der Waals surface area contributed by atoms with E-state index in [1.807, 2.05) is 37.3 Å². The molecule has 128 valence electrons. The fourth-order valence-corrected chi connectivity index (χ4v) is 3.18. The van der Waals surface area contributed by atoms with E-state index in [0.717, 1.165) is 11.3 Å². The van der Waals surface area contributed by atoms with Crippen LogP contribution in [0.4, 0.5) is 5.69 Å². The molecule has 1 heterocycles. The number of carbonyl (C=O) groups is 1. The van der Waals surface area contributed by atoms with E-state index < -0.39 is 6.04 Å². The maximum atomic E-state index is 12.2. The predicted molar refractivity (Wildman–Crippen MR) is 99.3 cm³/mol. The van der Waals surface area contributed by atoms with E-state index in [0.29, 0.717) is 21.3 Å². The number of carbonyl (C=O) groups excluding carboxylic acids is 1. The van der Waals surface area contributed by atoms with Gasteiger partial charge in [-0.25, -0.2) is 0 Å². The molecule has 1 amide bonds. The van der Waals surface area contributed by atoms with E-state index in [4.69, 9.17) is 5.73 Å². The monoisotopic (exact) mass is 346 g/mol. The van der Waals surface area contributed by atoms with Crippen molar-refractivity contribution in [3.63, 3.8) is 0 Å². The molecule has 0 fully saturated rings. The minimum Gasteiger partial charge on any atom is -0.381 e. The van der Waals surface area contributed by atoms with Crippen LogP contribution in [0.5, 0.6) is 0 Å². The Balaban J connectivity index is 2.33. The third kappa shape index (κ3) is 4.12. The van der Waals surface area contributed by atoms with Gasteiger partial charge >= 0.3 is 0 Å². The van der Waals surface area contributed by atoms with Crippen molar-refractivity contribution >= 4 is 34.1 Å². The smallest absolute Gasteiger partial charge is 0.266 e. The van der Waals surface area contributed by atoms with Gasteiger partial charge in [0, 0.05) is 19.3 Å². The molecule has 0 aliphatic heterocycles. The first-order valence-corrected chi connectivity index (χ1v) is 8.41. The van der Waals surface area contributed by atoms with Crippen molar-refractivity contribution in [1.29, 1.82) is 0 Å². The second kappa shape index (κ2) is 7.94. The van der Waals surface area contributed by atoms with E-state index in [1.54, 1.807) is 6.92 Å². The molecule has 7 heteroatoms. The summed E-state index contributed by atoms with van der Waals surface area (Å²) in [7, 11) is 1.53. The number of anilines is 1. The van der Waals surface area contributed by atoms with Crippen LogP contribution in [0, 0.1) is 0 Å². The second-order valence-electron chi connectivity index (χ2n) is 5.49. The minimum atomic E-state index is -0.778. The van der Waals surface area contributed by atoms with Gasteiger partial charge in [0.05, 0.1) is 9.20 Å². The number of benzene rings is 1. The third-order valence-electron chi connectivity index (χ3n) is 3.71. The molecule has 1 aromatic heterocycles.